The zero-order valence-electron chi connectivity index (χ0n) is 12.5. The van der Waals surface area contributed by atoms with Gasteiger partial charge in [-0.05, 0) is 25.1 Å². The second-order valence-corrected chi connectivity index (χ2v) is 5.05. The van der Waals surface area contributed by atoms with E-state index in [0.29, 0.717) is 5.57 Å². The van der Waals surface area contributed by atoms with Gasteiger partial charge in [0.2, 0.25) is 0 Å². The fourth-order valence-corrected chi connectivity index (χ4v) is 2.20. The number of hydrogen-bond donors (Lipinski definition) is 0. The second kappa shape index (κ2) is 6.09. The molecule has 0 saturated carbocycles. The van der Waals surface area contributed by atoms with Crippen LogP contribution in [0.5, 0.6) is 0 Å². The van der Waals surface area contributed by atoms with Crippen LogP contribution < -0.4 is 0 Å². The Kier molecular flexibility index (Phi) is 4.40. The Morgan fingerprint density at radius 1 is 1.14 bits per heavy atom. The fraction of sp³-hybridized carbons (Fsp3) is 0.250. The maximum atomic E-state index is 13.5. The van der Waals surface area contributed by atoms with Gasteiger partial charge in [-0.15, -0.1) is 0 Å². The van der Waals surface area contributed by atoms with Crippen LogP contribution in [0.15, 0.2) is 35.9 Å². The summed E-state index contributed by atoms with van der Waals surface area (Å²) in [6.07, 6.45) is 4.13. The predicted molar refractivity (Wildman–Crippen MR) is 78.9 cm³/mol. The van der Waals surface area contributed by atoms with Crippen molar-refractivity contribution in [1.82, 2.24) is 9.80 Å². The van der Waals surface area contributed by atoms with Gasteiger partial charge in [0, 0.05) is 25.2 Å². The number of halogens is 2. The number of nitrogens with zero attached hydrogens (tertiary/aromatic N) is 2. The van der Waals surface area contributed by atoms with Gasteiger partial charge in [0.05, 0.1) is 6.04 Å². The SMILES string of the molecule is CC1/C(=C/C=C/c2c(F)cccc2F)C(=O)N(C)C(=O)N1C. The van der Waals surface area contributed by atoms with Crippen molar-refractivity contribution in [3.05, 3.63) is 53.1 Å². The van der Waals surface area contributed by atoms with Crippen LogP contribution in [-0.4, -0.2) is 41.9 Å². The first-order chi connectivity index (χ1) is 10.3. The van der Waals surface area contributed by atoms with Crippen LogP contribution in [0.3, 0.4) is 0 Å². The van der Waals surface area contributed by atoms with E-state index in [-0.39, 0.29) is 5.56 Å². The van der Waals surface area contributed by atoms with E-state index in [2.05, 4.69) is 0 Å². The third-order valence-electron chi connectivity index (χ3n) is 3.71. The summed E-state index contributed by atoms with van der Waals surface area (Å²) in [7, 11) is 2.98. The van der Waals surface area contributed by atoms with Crippen molar-refractivity contribution in [3.8, 4) is 0 Å². The minimum atomic E-state index is -0.679. The smallest absolute Gasteiger partial charge is 0.320 e. The van der Waals surface area contributed by atoms with Gasteiger partial charge in [-0.2, -0.15) is 0 Å². The molecule has 1 aromatic carbocycles. The minimum absolute atomic E-state index is 0.173. The zero-order chi connectivity index (χ0) is 16.4. The Labute approximate surface area is 127 Å². The molecular weight excluding hydrogens is 290 g/mol. The fourth-order valence-electron chi connectivity index (χ4n) is 2.20. The average molecular weight is 306 g/mol. The molecule has 1 unspecified atom stereocenters. The van der Waals surface area contributed by atoms with Crippen LogP contribution in [0, 0.1) is 11.6 Å². The molecule has 0 aliphatic carbocycles. The lowest BCUT2D eigenvalue weighted by atomic mass is 10.0. The van der Waals surface area contributed by atoms with Gasteiger partial charge in [0.15, 0.2) is 0 Å². The highest BCUT2D eigenvalue weighted by molar-refractivity contribution is 6.07. The van der Waals surface area contributed by atoms with Crippen LogP contribution >= 0.6 is 0 Å². The number of carbonyl (C=O) groups excluding carboxylic acids is 2. The maximum absolute atomic E-state index is 13.5. The van der Waals surface area contributed by atoms with Crippen molar-refractivity contribution in [3.63, 3.8) is 0 Å². The van der Waals surface area contributed by atoms with Gasteiger partial charge in [0.25, 0.3) is 5.91 Å². The highest BCUT2D eigenvalue weighted by Crippen LogP contribution is 2.20. The van der Waals surface area contributed by atoms with Crippen LogP contribution in [0.4, 0.5) is 13.6 Å². The first-order valence-electron chi connectivity index (χ1n) is 6.71. The van der Waals surface area contributed by atoms with Crippen molar-refractivity contribution >= 4 is 18.0 Å². The number of allylic oxidation sites excluding steroid dienone is 2. The van der Waals surface area contributed by atoms with Gasteiger partial charge < -0.3 is 4.90 Å². The average Bonchev–Trinajstić information content (AvgIpc) is 2.49. The molecule has 2 rings (SSSR count). The summed E-state index contributed by atoms with van der Waals surface area (Å²) in [6.45, 7) is 1.71. The van der Waals surface area contributed by atoms with E-state index in [9.17, 15) is 18.4 Å². The van der Waals surface area contributed by atoms with E-state index in [1.165, 1.54) is 36.2 Å². The van der Waals surface area contributed by atoms with Gasteiger partial charge >= 0.3 is 6.03 Å². The van der Waals surface area contributed by atoms with Crippen molar-refractivity contribution in [2.24, 2.45) is 0 Å². The summed E-state index contributed by atoms with van der Waals surface area (Å²) in [5, 5.41) is 0. The van der Waals surface area contributed by atoms with Gasteiger partial charge in [-0.3, -0.25) is 9.69 Å². The number of benzene rings is 1. The molecular formula is C16H16F2N2O2. The van der Waals surface area contributed by atoms with Gasteiger partial charge in [-0.1, -0.05) is 18.2 Å². The molecule has 1 saturated heterocycles. The third-order valence-corrected chi connectivity index (χ3v) is 3.71. The third kappa shape index (κ3) is 2.77. The van der Waals surface area contributed by atoms with E-state index < -0.39 is 29.6 Å². The summed E-state index contributed by atoms with van der Waals surface area (Å²) >= 11 is 0. The quantitative estimate of drug-likeness (QED) is 0.788. The molecule has 3 amide bonds. The number of amides is 3. The summed E-state index contributed by atoms with van der Waals surface area (Å²) in [4.78, 5) is 26.3. The maximum Gasteiger partial charge on any atom is 0.326 e. The molecule has 0 radical (unpaired) electrons. The Bertz CT molecular complexity index is 662. The standard InChI is InChI=1S/C16H16F2N2O2/c1-10-11(15(21)20(3)16(22)19(10)2)6-4-7-12-13(17)8-5-9-14(12)18/h4-10H,1-3H3/b7-4+,11-6-. The van der Waals surface area contributed by atoms with E-state index in [1.807, 2.05) is 0 Å². The normalized spacial score (nSPS) is 21.3. The van der Waals surface area contributed by atoms with Crippen LogP contribution in [0.25, 0.3) is 6.08 Å². The largest absolute Gasteiger partial charge is 0.326 e. The summed E-state index contributed by atoms with van der Waals surface area (Å²) in [6, 6.07) is 2.79. The first kappa shape index (κ1) is 15.9. The Morgan fingerprint density at radius 2 is 1.73 bits per heavy atom. The van der Waals surface area contributed by atoms with E-state index in [4.69, 9.17) is 0 Å². The molecule has 1 aromatic rings. The summed E-state index contributed by atoms with van der Waals surface area (Å²) < 4.78 is 27.0. The molecule has 1 atom stereocenters. The molecule has 1 aliphatic rings. The lowest BCUT2D eigenvalue weighted by molar-refractivity contribution is -0.125. The Hall–Kier alpha value is -2.50. The number of likely N-dealkylation sites (N-methyl/N-ethyl adjacent to an activating group) is 2. The number of carbonyl (C=O) groups is 2. The molecule has 116 valence electrons. The minimum Gasteiger partial charge on any atom is -0.320 e. The van der Waals surface area contributed by atoms with Crippen molar-refractivity contribution in [1.29, 1.82) is 0 Å². The summed E-state index contributed by atoms with van der Waals surface area (Å²) in [5.74, 6) is -1.78. The van der Waals surface area contributed by atoms with Crippen LogP contribution in [0.2, 0.25) is 0 Å². The monoisotopic (exact) mass is 306 g/mol. The molecule has 22 heavy (non-hydrogen) atoms. The molecule has 6 heteroatoms. The number of urea groups is 1. The van der Waals surface area contributed by atoms with E-state index in [0.717, 1.165) is 17.0 Å². The second-order valence-electron chi connectivity index (χ2n) is 5.05. The molecule has 1 heterocycles. The predicted octanol–water partition coefficient (Wildman–Crippen LogP) is 2.82. The van der Waals surface area contributed by atoms with Crippen LogP contribution in [-0.2, 0) is 4.79 Å². The lowest BCUT2D eigenvalue weighted by Crippen LogP contribution is -2.54. The molecule has 0 N–H and O–H groups in total. The topological polar surface area (TPSA) is 40.6 Å². The van der Waals surface area contributed by atoms with Crippen LogP contribution in [0.1, 0.15) is 12.5 Å². The highest BCUT2D eigenvalue weighted by atomic mass is 19.1. The van der Waals surface area contributed by atoms with Gasteiger partial charge in [-0.25, -0.2) is 13.6 Å². The Balaban J connectivity index is 2.31. The van der Waals surface area contributed by atoms with Crippen molar-refractivity contribution < 1.29 is 18.4 Å². The molecule has 4 nitrogen and oxygen atoms in total. The molecule has 0 aromatic heterocycles. The van der Waals surface area contributed by atoms with E-state index in [1.54, 1.807) is 14.0 Å². The molecule has 0 spiro atoms. The molecule has 0 bridgehead atoms. The Morgan fingerprint density at radius 3 is 2.32 bits per heavy atom. The lowest BCUT2D eigenvalue weighted by Gasteiger charge is -2.36. The first-order valence-corrected chi connectivity index (χ1v) is 6.71. The van der Waals surface area contributed by atoms with Crippen molar-refractivity contribution in [2.75, 3.05) is 14.1 Å². The van der Waals surface area contributed by atoms with Crippen molar-refractivity contribution in [2.45, 2.75) is 13.0 Å². The summed E-state index contributed by atoms with van der Waals surface area (Å²) in [5.41, 5.74) is 0.200. The van der Waals surface area contributed by atoms with Gasteiger partial charge in [0.1, 0.15) is 11.6 Å². The molecule has 1 fully saturated rings. The molecule has 1 aliphatic heterocycles. The number of hydrogen-bond acceptors (Lipinski definition) is 2. The van der Waals surface area contributed by atoms with E-state index >= 15 is 0 Å². The number of imide groups is 1. The highest BCUT2D eigenvalue weighted by Gasteiger charge is 2.35. The zero-order valence-corrected chi connectivity index (χ0v) is 12.5. The number of rotatable bonds is 2.